The quantitative estimate of drug-likeness (QED) is 0.426. The summed E-state index contributed by atoms with van der Waals surface area (Å²) in [5.41, 5.74) is -1.65. The van der Waals surface area contributed by atoms with Crippen molar-refractivity contribution < 1.29 is 24.2 Å². The molecule has 208 valence electrons. The second-order valence-electron chi connectivity index (χ2n) is 12.8. The van der Waals surface area contributed by atoms with E-state index in [4.69, 9.17) is 4.74 Å². The predicted octanol–water partition coefficient (Wildman–Crippen LogP) is 3.01. The molecule has 1 spiro atoms. The number of hydrogen-bond acceptors (Lipinski definition) is 5. The number of carbonyl (C=O) groups excluding carboxylic acids is 3. The number of aliphatic hydroxyl groups is 1. The molecule has 3 heterocycles. The van der Waals surface area contributed by atoms with Crippen molar-refractivity contribution in [1.29, 1.82) is 0 Å². The molecule has 0 saturated carbocycles. The second-order valence-corrected chi connectivity index (χ2v) is 12.8. The largest absolute Gasteiger partial charge is 0.394 e. The van der Waals surface area contributed by atoms with Crippen LogP contribution in [0.15, 0.2) is 25.3 Å². The third-order valence-corrected chi connectivity index (χ3v) is 8.38. The van der Waals surface area contributed by atoms with Gasteiger partial charge in [0.2, 0.25) is 17.7 Å². The van der Waals surface area contributed by atoms with Crippen molar-refractivity contribution in [2.75, 3.05) is 26.7 Å². The molecule has 0 aromatic rings. The summed E-state index contributed by atoms with van der Waals surface area (Å²) < 4.78 is 6.57. The number of amides is 3. The predicted molar refractivity (Wildman–Crippen MR) is 144 cm³/mol. The minimum atomic E-state index is -1.09. The van der Waals surface area contributed by atoms with Gasteiger partial charge in [-0.1, -0.05) is 39.8 Å². The van der Waals surface area contributed by atoms with Gasteiger partial charge in [0.15, 0.2) is 0 Å². The summed E-state index contributed by atoms with van der Waals surface area (Å²) in [4.78, 5) is 47.2. The molecule has 8 nitrogen and oxygen atoms in total. The Morgan fingerprint density at radius 2 is 1.81 bits per heavy atom. The molecule has 3 saturated heterocycles. The summed E-state index contributed by atoms with van der Waals surface area (Å²) >= 11 is 0. The Hall–Kier alpha value is -2.19. The van der Waals surface area contributed by atoms with Gasteiger partial charge in [0.25, 0.3) is 0 Å². The van der Waals surface area contributed by atoms with Gasteiger partial charge in [-0.15, -0.1) is 13.2 Å². The van der Waals surface area contributed by atoms with Crippen molar-refractivity contribution in [3.63, 3.8) is 0 Å². The van der Waals surface area contributed by atoms with Crippen LogP contribution in [0.3, 0.4) is 0 Å². The van der Waals surface area contributed by atoms with Crippen LogP contribution >= 0.6 is 0 Å². The van der Waals surface area contributed by atoms with Crippen LogP contribution in [0, 0.1) is 17.3 Å². The molecule has 6 atom stereocenters. The Kier molecular flexibility index (Phi) is 8.35. The first kappa shape index (κ1) is 29.4. The van der Waals surface area contributed by atoms with E-state index >= 15 is 0 Å². The molecule has 2 bridgehead atoms. The van der Waals surface area contributed by atoms with E-state index in [0.29, 0.717) is 32.4 Å². The lowest BCUT2D eigenvalue weighted by Gasteiger charge is -2.46. The van der Waals surface area contributed by atoms with E-state index in [0.717, 1.165) is 6.42 Å². The molecule has 2 unspecified atom stereocenters. The van der Waals surface area contributed by atoms with Gasteiger partial charge in [-0.2, -0.15) is 0 Å². The normalized spacial score (nSPS) is 29.7. The number of ether oxygens (including phenoxy) is 1. The van der Waals surface area contributed by atoms with Gasteiger partial charge in [0, 0.05) is 25.7 Å². The summed E-state index contributed by atoms with van der Waals surface area (Å²) in [5.74, 6) is -2.04. The highest BCUT2D eigenvalue weighted by Crippen LogP contribution is 2.59. The smallest absolute Gasteiger partial charge is 0.249 e. The molecule has 3 amide bonds. The van der Waals surface area contributed by atoms with Crippen LogP contribution < -0.4 is 0 Å². The average Bonchev–Trinajstić information content (AvgIpc) is 3.44. The van der Waals surface area contributed by atoms with E-state index in [1.54, 1.807) is 29.0 Å². The van der Waals surface area contributed by atoms with Crippen molar-refractivity contribution in [1.82, 2.24) is 14.7 Å². The number of carbonyl (C=O) groups is 3. The van der Waals surface area contributed by atoms with Gasteiger partial charge in [-0.25, -0.2) is 0 Å². The minimum absolute atomic E-state index is 0.0399. The summed E-state index contributed by atoms with van der Waals surface area (Å²) in [6, 6.07) is -1.45. The average molecular weight is 518 g/mol. The molecule has 8 heteroatoms. The van der Waals surface area contributed by atoms with Gasteiger partial charge in [-0.05, 0) is 44.9 Å². The Morgan fingerprint density at radius 3 is 2.32 bits per heavy atom. The summed E-state index contributed by atoms with van der Waals surface area (Å²) in [6.45, 7) is 20.5. The molecule has 1 N–H and O–H groups in total. The topological polar surface area (TPSA) is 90.4 Å². The van der Waals surface area contributed by atoms with Crippen LogP contribution in [0.1, 0.15) is 67.2 Å². The molecule has 3 rings (SSSR count). The fourth-order valence-electron chi connectivity index (χ4n) is 7.30. The maximum Gasteiger partial charge on any atom is 0.249 e. The summed E-state index contributed by atoms with van der Waals surface area (Å²) in [6.07, 6.45) is 5.33. The Bertz CT molecular complexity index is 921. The van der Waals surface area contributed by atoms with E-state index in [1.165, 1.54) is 0 Å². The number of likely N-dealkylation sites (N-methyl/N-ethyl adjacent to an activating group) is 1. The van der Waals surface area contributed by atoms with Crippen molar-refractivity contribution >= 4 is 17.7 Å². The zero-order valence-corrected chi connectivity index (χ0v) is 23.8. The van der Waals surface area contributed by atoms with Crippen LogP contribution in [-0.4, -0.2) is 93.6 Å². The Labute approximate surface area is 222 Å². The Morgan fingerprint density at radius 1 is 1.19 bits per heavy atom. The third kappa shape index (κ3) is 4.99. The molecular formula is C29H47N3O5. The molecule has 3 aliphatic rings. The van der Waals surface area contributed by atoms with E-state index in [1.807, 2.05) is 25.7 Å². The number of rotatable bonds is 11. The summed E-state index contributed by atoms with van der Waals surface area (Å²) in [7, 11) is 1.70. The number of fused-ring (bicyclic) bond motifs is 1. The zero-order chi connectivity index (χ0) is 27.9. The van der Waals surface area contributed by atoms with Crippen molar-refractivity contribution in [2.45, 2.75) is 96.6 Å². The van der Waals surface area contributed by atoms with Crippen LogP contribution in [0.5, 0.6) is 0 Å². The molecule has 0 aromatic heterocycles. The Balaban J connectivity index is 2.12. The monoisotopic (exact) mass is 517 g/mol. The number of likely N-dealkylation sites (tertiary alicyclic amines) is 1. The van der Waals surface area contributed by atoms with Crippen LogP contribution in [-0.2, 0) is 19.1 Å². The molecule has 37 heavy (non-hydrogen) atoms. The molecule has 3 aliphatic heterocycles. The standard InChI is InChI=1S/C29H47N3O5/c1-10-15-30(9)24(34)21-20-13-14-29(37-20)22(21)25(35)32(19(12-3)17-33)23(29)26(36)31(16-11-2)28(7,8)18-27(4,5)6/h10-11,19-23,33H,1-2,12-18H2,3-9H3/t19-,20+,21-,22-,23?,29?/m0/s1. The first-order valence-electron chi connectivity index (χ1n) is 13.6. The first-order valence-corrected chi connectivity index (χ1v) is 13.6. The molecule has 0 radical (unpaired) electrons. The number of hydrogen-bond donors (Lipinski definition) is 1. The van der Waals surface area contributed by atoms with E-state index in [2.05, 4.69) is 33.9 Å². The fourth-order valence-corrected chi connectivity index (χ4v) is 7.30. The van der Waals surface area contributed by atoms with E-state index in [9.17, 15) is 19.5 Å². The molecule has 0 aromatic carbocycles. The number of nitrogens with zero attached hydrogens (tertiary/aromatic N) is 3. The molecule has 0 aliphatic carbocycles. The van der Waals surface area contributed by atoms with E-state index in [-0.39, 0.29) is 29.7 Å². The molecular weight excluding hydrogens is 470 g/mol. The van der Waals surface area contributed by atoms with Crippen molar-refractivity contribution in [2.24, 2.45) is 17.3 Å². The van der Waals surface area contributed by atoms with Crippen LogP contribution in [0.4, 0.5) is 0 Å². The number of aliphatic hydroxyl groups excluding tert-OH is 1. The van der Waals surface area contributed by atoms with Crippen LogP contribution in [0.2, 0.25) is 0 Å². The van der Waals surface area contributed by atoms with Gasteiger partial charge in [-0.3, -0.25) is 14.4 Å². The van der Waals surface area contributed by atoms with Gasteiger partial charge in [0.1, 0.15) is 11.6 Å². The van der Waals surface area contributed by atoms with Gasteiger partial charge >= 0.3 is 0 Å². The highest BCUT2D eigenvalue weighted by atomic mass is 16.5. The lowest BCUT2D eigenvalue weighted by atomic mass is 9.70. The van der Waals surface area contributed by atoms with Crippen LogP contribution in [0.25, 0.3) is 0 Å². The highest BCUT2D eigenvalue weighted by molar-refractivity contribution is 5.99. The fraction of sp³-hybridized carbons (Fsp3) is 0.759. The zero-order valence-electron chi connectivity index (χ0n) is 23.8. The van der Waals surface area contributed by atoms with E-state index < -0.39 is 41.2 Å². The highest BCUT2D eigenvalue weighted by Gasteiger charge is 2.75. The van der Waals surface area contributed by atoms with Crippen molar-refractivity contribution in [3.8, 4) is 0 Å². The minimum Gasteiger partial charge on any atom is -0.394 e. The third-order valence-electron chi connectivity index (χ3n) is 8.38. The summed E-state index contributed by atoms with van der Waals surface area (Å²) in [5, 5.41) is 10.3. The maximum absolute atomic E-state index is 14.6. The SMILES string of the molecule is C=CCN(C)C(=O)[C@@H]1[C@H]2C(=O)N([C@@H](CC)CO)C(C(=O)N(CC=C)C(C)(C)CC(C)(C)C)C23CC[C@H]1O3. The lowest BCUT2D eigenvalue weighted by molar-refractivity contribution is -0.155. The van der Waals surface area contributed by atoms with Gasteiger partial charge in [0.05, 0.1) is 30.6 Å². The second kappa shape index (κ2) is 10.5. The first-order chi connectivity index (χ1) is 17.2. The maximum atomic E-state index is 14.6. The van der Waals surface area contributed by atoms with Crippen molar-refractivity contribution in [3.05, 3.63) is 25.3 Å². The molecule has 3 fully saturated rings. The lowest BCUT2D eigenvalue weighted by Crippen LogP contribution is -2.62. The van der Waals surface area contributed by atoms with Gasteiger partial charge < -0.3 is 24.5 Å².